The highest BCUT2D eigenvalue weighted by molar-refractivity contribution is 7.09. The molecule has 1 aromatic carbocycles. The minimum absolute atomic E-state index is 0.0000942. The number of nitrogens with one attached hydrogen (secondary N) is 2. The average Bonchev–Trinajstić information content (AvgIpc) is 3.72. The smallest absolute Gasteiger partial charge is 0.273 e. The van der Waals surface area contributed by atoms with Gasteiger partial charge in [0.2, 0.25) is 0 Å². The molecule has 1 saturated carbocycles. The molecule has 1 aliphatic carbocycles. The van der Waals surface area contributed by atoms with Gasteiger partial charge in [-0.1, -0.05) is 31.4 Å². The maximum absolute atomic E-state index is 14.3. The Hall–Kier alpha value is -3.70. The summed E-state index contributed by atoms with van der Waals surface area (Å²) in [5.41, 5.74) is 7.84. The number of nitrogens with zero attached hydrogens (tertiary/aromatic N) is 2. The van der Waals surface area contributed by atoms with Crippen LogP contribution in [0.15, 0.2) is 40.8 Å². The van der Waals surface area contributed by atoms with Crippen LogP contribution < -0.4 is 21.3 Å². The van der Waals surface area contributed by atoms with E-state index in [1.54, 1.807) is 25.1 Å². The van der Waals surface area contributed by atoms with E-state index < -0.39 is 17.9 Å². The molecule has 218 valence electrons. The predicted molar refractivity (Wildman–Crippen MR) is 157 cm³/mol. The summed E-state index contributed by atoms with van der Waals surface area (Å²) in [6, 6.07) is 9.68. The number of anilines is 2. The largest absolute Gasteiger partial charge is 0.464 e. The molecule has 0 unspecified atom stereocenters. The highest BCUT2D eigenvalue weighted by atomic mass is 32.1. The molecule has 1 aliphatic heterocycles. The molecule has 11 heteroatoms. The summed E-state index contributed by atoms with van der Waals surface area (Å²) in [7, 11) is 0. The molecule has 3 heterocycles. The number of aryl methyl sites for hydroxylation is 2. The number of furan rings is 1. The molecule has 2 fully saturated rings. The summed E-state index contributed by atoms with van der Waals surface area (Å²) in [6.45, 7) is 4.67. The third-order valence-electron chi connectivity index (χ3n) is 7.64. The van der Waals surface area contributed by atoms with Crippen molar-refractivity contribution in [3.05, 3.63) is 64.1 Å². The van der Waals surface area contributed by atoms with Crippen molar-refractivity contribution in [2.24, 2.45) is 0 Å². The number of aromatic nitrogens is 1. The van der Waals surface area contributed by atoms with Crippen LogP contribution in [-0.2, 0) is 9.53 Å². The van der Waals surface area contributed by atoms with Gasteiger partial charge in [0.05, 0.1) is 11.8 Å². The average molecular weight is 580 g/mol. The van der Waals surface area contributed by atoms with Crippen molar-refractivity contribution in [2.45, 2.75) is 77.0 Å². The number of amides is 3. The SMILES string of the molecule is Cc1cccc(N(C(=O)c2snc(C(=O)NC3CCCCC3)c2N)[C@H](C(=O)NC[C@@H]2CCCO2)c2ccc(C)o2)c1. The molecule has 0 bridgehead atoms. The number of hydrogen-bond acceptors (Lipinski definition) is 8. The van der Waals surface area contributed by atoms with Crippen LogP contribution in [0.3, 0.4) is 0 Å². The molecule has 41 heavy (non-hydrogen) atoms. The number of nitrogens with two attached hydrogens (primary N) is 1. The minimum Gasteiger partial charge on any atom is -0.464 e. The lowest BCUT2D eigenvalue weighted by molar-refractivity contribution is -0.123. The van der Waals surface area contributed by atoms with Gasteiger partial charge in [-0.05, 0) is 80.9 Å². The zero-order chi connectivity index (χ0) is 28.9. The van der Waals surface area contributed by atoms with E-state index >= 15 is 0 Å². The highest BCUT2D eigenvalue weighted by Crippen LogP contribution is 2.34. The quantitative estimate of drug-likeness (QED) is 0.334. The first kappa shape index (κ1) is 28.8. The van der Waals surface area contributed by atoms with E-state index in [9.17, 15) is 14.4 Å². The normalized spacial score (nSPS) is 18.1. The van der Waals surface area contributed by atoms with Crippen molar-refractivity contribution in [3.8, 4) is 0 Å². The van der Waals surface area contributed by atoms with Crippen LogP contribution in [-0.4, -0.2) is 47.4 Å². The van der Waals surface area contributed by atoms with E-state index in [1.807, 2.05) is 25.1 Å². The Morgan fingerprint density at radius 2 is 1.90 bits per heavy atom. The molecule has 4 N–H and O–H groups in total. The van der Waals surface area contributed by atoms with E-state index in [2.05, 4.69) is 15.0 Å². The molecule has 2 atom stereocenters. The number of nitrogen functional groups attached to an aromatic ring is 1. The molecular weight excluding hydrogens is 542 g/mol. The maximum Gasteiger partial charge on any atom is 0.273 e. The van der Waals surface area contributed by atoms with Crippen LogP contribution in [0.1, 0.15) is 88.2 Å². The zero-order valence-electron chi connectivity index (χ0n) is 23.5. The third-order valence-corrected chi connectivity index (χ3v) is 8.49. The molecule has 5 rings (SSSR count). The Kier molecular flexibility index (Phi) is 9.04. The van der Waals surface area contributed by atoms with Crippen molar-refractivity contribution >= 4 is 40.6 Å². The number of benzene rings is 1. The van der Waals surface area contributed by atoms with Crippen molar-refractivity contribution in [3.63, 3.8) is 0 Å². The molecule has 0 radical (unpaired) electrons. The standard InChI is InChI=1S/C30H37N5O5S/c1-18-8-6-11-21(16-18)35(26(23-14-13-19(2)40-23)29(37)32-17-22-12-7-15-39-22)30(38)27-24(31)25(34-41-27)28(36)33-20-9-4-3-5-10-20/h6,8,11,13-14,16,20,22,26H,3-5,7,9-10,12,15,17,31H2,1-2H3,(H,32,37)(H,33,36)/t22-,26-/m0/s1. The second-order valence-electron chi connectivity index (χ2n) is 10.8. The maximum atomic E-state index is 14.3. The number of hydrogen-bond donors (Lipinski definition) is 3. The van der Waals surface area contributed by atoms with Gasteiger partial charge in [-0.25, -0.2) is 0 Å². The number of rotatable bonds is 9. The van der Waals surface area contributed by atoms with Crippen molar-refractivity contribution in [1.82, 2.24) is 15.0 Å². The molecular formula is C30H37N5O5S. The number of carbonyl (C=O) groups is 3. The van der Waals surface area contributed by atoms with Crippen LogP contribution in [0.2, 0.25) is 0 Å². The first-order valence-corrected chi connectivity index (χ1v) is 15.0. The number of ether oxygens (including phenoxy) is 1. The van der Waals surface area contributed by atoms with E-state index in [1.165, 1.54) is 4.90 Å². The summed E-state index contributed by atoms with van der Waals surface area (Å²) in [4.78, 5) is 42.7. The Morgan fingerprint density at radius 3 is 2.59 bits per heavy atom. The van der Waals surface area contributed by atoms with Crippen LogP contribution in [0.4, 0.5) is 11.4 Å². The van der Waals surface area contributed by atoms with Crippen molar-refractivity contribution in [2.75, 3.05) is 23.8 Å². The molecule has 10 nitrogen and oxygen atoms in total. The molecule has 3 amide bonds. The van der Waals surface area contributed by atoms with Crippen molar-refractivity contribution in [1.29, 1.82) is 0 Å². The third kappa shape index (κ3) is 6.62. The summed E-state index contributed by atoms with van der Waals surface area (Å²) in [6.07, 6.45) is 6.83. The van der Waals surface area contributed by atoms with Gasteiger partial charge in [0.15, 0.2) is 11.7 Å². The van der Waals surface area contributed by atoms with Crippen molar-refractivity contribution < 1.29 is 23.5 Å². The Balaban J connectivity index is 1.49. The number of carbonyl (C=O) groups excluding carboxylic acids is 3. The van der Waals surface area contributed by atoms with Crippen LogP contribution in [0.5, 0.6) is 0 Å². The molecule has 2 aliphatic rings. The van der Waals surface area contributed by atoms with Crippen LogP contribution in [0, 0.1) is 13.8 Å². The second kappa shape index (κ2) is 12.9. The van der Waals surface area contributed by atoms with E-state index in [4.69, 9.17) is 14.9 Å². The summed E-state index contributed by atoms with van der Waals surface area (Å²) in [5, 5.41) is 5.98. The van der Waals surface area contributed by atoms with Crippen LogP contribution >= 0.6 is 11.5 Å². The van der Waals surface area contributed by atoms with Gasteiger partial charge in [-0.2, -0.15) is 4.37 Å². The van der Waals surface area contributed by atoms with E-state index in [-0.39, 0.29) is 34.3 Å². The zero-order valence-corrected chi connectivity index (χ0v) is 24.3. The van der Waals surface area contributed by atoms with Gasteiger partial charge in [0.25, 0.3) is 17.7 Å². The lowest BCUT2D eigenvalue weighted by Gasteiger charge is -2.30. The lowest BCUT2D eigenvalue weighted by atomic mass is 9.95. The van der Waals surface area contributed by atoms with Gasteiger partial charge < -0.3 is 25.5 Å². The van der Waals surface area contributed by atoms with Gasteiger partial charge in [-0.3, -0.25) is 19.3 Å². The molecule has 1 saturated heterocycles. The second-order valence-corrected chi connectivity index (χ2v) is 11.6. The van der Waals surface area contributed by atoms with Crippen LogP contribution in [0.25, 0.3) is 0 Å². The Bertz CT molecular complexity index is 1390. The van der Waals surface area contributed by atoms with Gasteiger partial charge in [0.1, 0.15) is 16.4 Å². The predicted octanol–water partition coefficient (Wildman–Crippen LogP) is 4.68. The highest BCUT2D eigenvalue weighted by Gasteiger charge is 2.38. The monoisotopic (exact) mass is 579 g/mol. The summed E-state index contributed by atoms with van der Waals surface area (Å²) < 4.78 is 15.9. The Labute approximate surface area is 243 Å². The van der Waals surface area contributed by atoms with Gasteiger partial charge >= 0.3 is 0 Å². The van der Waals surface area contributed by atoms with Gasteiger partial charge in [-0.15, -0.1) is 0 Å². The molecule has 2 aromatic heterocycles. The van der Waals surface area contributed by atoms with Gasteiger partial charge in [0, 0.05) is 24.9 Å². The fourth-order valence-corrected chi connectivity index (χ4v) is 6.21. The van der Waals surface area contributed by atoms with E-state index in [0.717, 1.165) is 62.0 Å². The summed E-state index contributed by atoms with van der Waals surface area (Å²) in [5.74, 6) is -0.441. The first-order valence-electron chi connectivity index (χ1n) is 14.2. The first-order chi connectivity index (χ1) is 19.8. The molecule has 0 spiro atoms. The topological polar surface area (TPSA) is 140 Å². The van der Waals surface area contributed by atoms with E-state index in [0.29, 0.717) is 30.4 Å². The fraction of sp³-hybridized carbons (Fsp3) is 0.467. The minimum atomic E-state index is -1.14. The lowest BCUT2D eigenvalue weighted by Crippen LogP contribution is -2.45. The molecule has 3 aromatic rings. The fourth-order valence-electron chi connectivity index (χ4n) is 5.48. The Morgan fingerprint density at radius 1 is 1.10 bits per heavy atom. The summed E-state index contributed by atoms with van der Waals surface area (Å²) >= 11 is 0.856.